The van der Waals surface area contributed by atoms with E-state index >= 15 is 0 Å². The van der Waals surface area contributed by atoms with Gasteiger partial charge in [-0.3, -0.25) is 18.6 Å². The summed E-state index contributed by atoms with van der Waals surface area (Å²) in [6.45, 7) is 7.02. The zero-order valence-corrected chi connectivity index (χ0v) is 46.8. The lowest BCUT2D eigenvalue weighted by Crippen LogP contribution is -2.47. The highest BCUT2D eigenvalue weighted by atomic mass is 31.2. The molecule has 0 saturated carbocycles. The van der Waals surface area contributed by atoms with Crippen LogP contribution in [0.1, 0.15) is 284 Å². The maximum Gasteiger partial charge on any atom is 0.472 e. The lowest BCUT2D eigenvalue weighted by atomic mass is 10.0. The van der Waals surface area contributed by atoms with Crippen molar-refractivity contribution in [3.63, 3.8) is 0 Å². The number of amides is 1. The predicted molar refractivity (Wildman–Crippen MR) is 291 cm³/mol. The molecule has 0 aliphatic heterocycles. The van der Waals surface area contributed by atoms with Crippen LogP contribution in [0.25, 0.3) is 0 Å². The van der Waals surface area contributed by atoms with E-state index in [2.05, 4.69) is 38.2 Å². The maximum absolute atomic E-state index is 13.5. The molecule has 3 unspecified atom stereocenters. The second kappa shape index (κ2) is 49.1. The smallest absolute Gasteiger partial charge is 0.456 e. The van der Waals surface area contributed by atoms with Crippen molar-refractivity contribution in [3.05, 3.63) is 24.3 Å². The van der Waals surface area contributed by atoms with Crippen LogP contribution in [0, 0.1) is 0 Å². The molecule has 402 valence electrons. The number of carbonyl (C=O) groups is 2. The molecule has 0 radical (unpaired) electrons. The molecule has 3 atom stereocenters. The Morgan fingerprint density at radius 3 is 1.25 bits per heavy atom. The average molecular weight is 983 g/mol. The Balaban J connectivity index is 5.24. The molecular formula is C58H114N2O7P+. The van der Waals surface area contributed by atoms with Crippen molar-refractivity contribution in [2.75, 3.05) is 40.9 Å². The highest BCUT2D eigenvalue weighted by Gasteiger charge is 2.30. The first kappa shape index (κ1) is 66.5. The van der Waals surface area contributed by atoms with Crippen LogP contribution in [0.5, 0.6) is 0 Å². The van der Waals surface area contributed by atoms with Gasteiger partial charge >= 0.3 is 13.8 Å². The number of quaternary nitrogens is 1. The van der Waals surface area contributed by atoms with Crippen LogP contribution in [-0.4, -0.2) is 74.3 Å². The third-order valence-corrected chi connectivity index (χ3v) is 14.1. The third-order valence-electron chi connectivity index (χ3n) is 13.1. The number of carbonyl (C=O) groups excluding carboxylic acids is 2. The summed E-state index contributed by atoms with van der Waals surface area (Å²) < 4.78 is 30.6. The molecule has 0 fully saturated rings. The molecule has 0 rings (SSSR count). The number of likely N-dealkylation sites (N-methyl/N-ethyl adjacent to an activating group) is 1. The van der Waals surface area contributed by atoms with E-state index in [1.54, 1.807) is 0 Å². The Hall–Kier alpha value is -1.51. The number of phosphoric ester groups is 1. The number of nitrogens with one attached hydrogen (secondary N) is 1. The largest absolute Gasteiger partial charge is 0.472 e. The Labute approximate surface area is 422 Å². The number of nitrogens with zero attached hydrogens (tertiary/aromatic N) is 1. The van der Waals surface area contributed by atoms with Crippen LogP contribution >= 0.6 is 7.82 Å². The highest BCUT2D eigenvalue weighted by Crippen LogP contribution is 2.43. The van der Waals surface area contributed by atoms with Gasteiger partial charge in [-0.1, -0.05) is 238 Å². The molecule has 0 aliphatic carbocycles. The van der Waals surface area contributed by atoms with E-state index in [9.17, 15) is 19.0 Å². The third kappa shape index (κ3) is 49.5. The van der Waals surface area contributed by atoms with Crippen LogP contribution in [0.3, 0.4) is 0 Å². The molecule has 10 heteroatoms. The normalized spacial score (nSPS) is 13.9. The Bertz CT molecular complexity index is 1220. The fourth-order valence-corrected chi connectivity index (χ4v) is 9.32. The van der Waals surface area contributed by atoms with Gasteiger partial charge < -0.3 is 19.4 Å². The number of esters is 1. The molecule has 2 N–H and O–H groups in total. The second-order valence-corrected chi connectivity index (χ2v) is 22.6. The predicted octanol–water partition coefficient (Wildman–Crippen LogP) is 17.4. The summed E-state index contributed by atoms with van der Waals surface area (Å²) in [6.07, 6.45) is 55.9. The minimum absolute atomic E-state index is 0.0431. The van der Waals surface area contributed by atoms with Gasteiger partial charge in [0.2, 0.25) is 5.91 Å². The van der Waals surface area contributed by atoms with E-state index < -0.39 is 20.0 Å². The zero-order valence-electron chi connectivity index (χ0n) is 45.9. The molecule has 0 aromatic heterocycles. The molecule has 0 aliphatic rings. The fraction of sp³-hybridized carbons (Fsp3) is 0.897. The molecule has 9 nitrogen and oxygen atoms in total. The first-order chi connectivity index (χ1) is 32.9. The van der Waals surface area contributed by atoms with Crippen LogP contribution in [-0.2, 0) is 27.9 Å². The molecule has 0 aromatic carbocycles. The first-order valence-corrected chi connectivity index (χ1v) is 30.7. The topological polar surface area (TPSA) is 111 Å². The Kier molecular flexibility index (Phi) is 48.0. The first-order valence-electron chi connectivity index (χ1n) is 29.2. The minimum atomic E-state index is -4.44. The van der Waals surface area contributed by atoms with Gasteiger partial charge in [0.1, 0.15) is 19.3 Å². The summed E-state index contributed by atoms with van der Waals surface area (Å²) in [5, 5.41) is 3.05. The van der Waals surface area contributed by atoms with E-state index in [1.165, 1.54) is 193 Å². The summed E-state index contributed by atoms with van der Waals surface area (Å²) >= 11 is 0. The van der Waals surface area contributed by atoms with E-state index in [-0.39, 0.29) is 25.1 Å². The van der Waals surface area contributed by atoms with E-state index in [4.69, 9.17) is 13.8 Å². The van der Waals surface area contributed by atoms with E-state index in [0.29, 0.717) is 23.9 Å². The van der Waals surface area contributed by atoms with Crippen molar-refractivity contribution in [3.8, 4) is 0 Å². The second-order valence-electron chi connectivity index (χ2n) is 21.2. The van der Waals surface area contributed by atoms with Gasteiger partial charge in [-0.05, 0) is 57.4 Å². The quantitative estimate of drug-likeness (QED) is 0.0205. The van der Waals surface area contributed by atoms with Crippen molar-refractivity contribution >= 4 is 19.7 Å². The molecule has 0 spiro atoms. The highest BCUT2D eigenvalue weighted by molar-refractivity contribution is 7.47. The summed E-state index contributed by atoms with van der Waals surface area (Å²) in [4.78, 5) is 37.5. The number of hydrogen-bond acceptors (Lipinski definition) is 6. The zero-order chi connectivity index (χ0) is 50.1. The van der Waals surface area contributed by atoms with Crippen LogP contribution in [0.4, 0.5) is 0 Å². The van der Waals surface area contributed by atoms with Crippen molar-refractivity contribution in [1.82, 2.24) is 5.32 Å². The molecule has 0 bridgehead atoms. The average Bonchev–Trinajstić information content (AvgIpc) is 3.29. The summed E-state index contributed by atoms with van der Waals surface area (Å²) in [6, 6.07) is -0.842. The molecular weight excluding hydrogens is 868 g/mol. The van der Waals surface area contributed by atoms with Crippen LogP contribution in [0.15, 0.2) is 24.3 Å². The molecule has 1 amide bonds. The lowest BCUT2D eigenvalue weighted by Gasteiger charge is -2.27. The SMILES string of the molecule is CCCCCCCC/C=C/CCCCCCCCCCCC(=O)NC(COP(=O)(O)OCC[N+](C)(C)C)C(/C=C\CCCCCCCCCCCC)OC(=O)CCCCCCCCCCCCC. The van der Waals surface area contributed by atoms with E-state index in [1.807, 2.05) is 33.3 Å². The Morgan fingerprint density at radius 2 is 0.853 bits per heavy atom. The van der Waals surface area contributed by atoms with Crippen LogP contribution in [0.2, 0.25) is 0 Å². The van der Waals surface area contributed by atoms with Gasteiger partial charge in [0.15, 0.2) is 0 Å². The standard InChI is InChI=1S/C58H113N2O7P/c1-7-10-13-16-19-22-25-27-28-29-30-31-32-33-36-38-41-44-47-50-57(61)59-55(54-66-68(63,64)65-53-52-60(4,5)6)56(49-46-43-40-37-35-26-23-20-17-14-11-8-2)67-58(62)51-48-45-42-39-34-24-21-18-15-12-9-3/h27-28,46,49,55-56H,7-26,29-45,47-48,50-54H2,1-6H3,(H-,59,61,63,64)/p+1/b28-27+,49-46-. The number of unbranched alkanes of at least 4 members (excludes halogenated alkanes) is 35. The fourth-order valence-electron chi connectivity index (χ4n) is 8.58. The van der Waals surface area contributed by atoms with Gasteiger partial charge in [0, 0.05) is 12.8 Å². The number of allylic oxidation sites excluding steroid dienone is 3. The molecule has 0 saturated heterocycles. The number of phosphoric acid groups is 1. The Morgan fingerprint density at radius 1 is 0.500 bits per heavy atom. The van der Waals surface area contributed by atoms with Crippen molar-refractivity contribution in [1.29, 1.82) is 0 Å². The van der Waals surface area contributed by atoms with E-state index in [0.717, 1.165) is 57.8 Å². The number of ether oxygens (including phenoxy) is 1. The van der Waals surface area contributed by atoms with Crippen molar-refractivity contribution in [2.24, 2.45) is 0 Å². The van der Waals surface area contributed by atoms with Crippen LogP contribution < -0.4 is 5.32 Å². The van der Waals surface area contributed by atoms with Gasteiger partial charge in [0.05, 0.1) is 33.8 Å². The monoisotopic (exact) mass is 982 g/mol. The summed E-state index contributed by atoms with van der Waals surface area (Å²) in [7, 11) is 1.51. The molecule has 0 heterocycles. The summed E-state index contributed by atoms with van der Waals surface area (Å²) in [5.74, 6) is -0.497. The molecule has 0 aromatic rings. The van der Waals surface area contributed by atoms with Gasteiger partial charge in [-0.15, -0.1) is 0 Å². The lowest BCUT2D eigenvalue weighted by molar-refractivity contribution is -0.870. The summed E-state index contributed by atoms with van der Waals surface area (Å²) in [5.41, 5.74) is 0. The van der Waals surface area contributed by atoms with Crippen molar-refractivity contribution < 1.29 is 37.3 Å². The van der Waals surface area contributed by atoms with Gasteiger partial charge in [0.25, 0.3) is 0 Å². The molecule has 68 heavy (non-hydrogen) atoms. The van der Waals surface area contributed by atoms with Gasteiger partial charge in [-0.25, -0.2) is 4.57 Å². The van der Waals surface area contributed by atoms with Crippen molar-refractivity contribution in [2.45, 2.75) is 296 Å². The number of hydrogen-bond donors (Lipinski definition) is 2. The minimum Gasteiger partial charge on any atom is -0.456 e. The number of rotatable bonds is 53. The maximum atomic E-state index is 13.5. The van der Waals surface area contributed by atoms with Gasteiger partial charge in [-0.2, -0.15) is 0 Å².